The Bertz CT molecular complexity index is 924. The normalized spacial score (nSPS) is 10.2. The fraction of sp³-hybridized carbons (Fsp3) is 0. The SMILES string of the molecule is O=C(Oc1ccccc1C(=O)O[Se]c1ccccc1)c1ccccc1O. The van der Waals surface area contributed by atoms with Crippen LogP contribution in [0.4, 0.5) is 0 Å². The third-order valence-electron chi connectivity index (χ3n) is 3.39. The van der Waals surface area contributed by atoms with E-state index in [1.54, 1.807) is 24.3 Å². The maximum atomic E-state index is 12.4. The molecule has 0 heterocycles. The van der Waals surface area contributed by atoms with Crippen LogP contribution in [-0.4, -0.2) is 32.3 Å². The molecule has 3 aromatic rings. The van der Waals surface area contributed by atoms with E-state index in [-0.39, 0.29) is 22.6 Å². The number of phenolic OH excluding ortho intramolecular Hbond substituents is 1. The average Bonchev–Trinajstić information content (AvgIpc) is 2.67. The van der Waals surface area contributed by atoms with Crippen molar-refractivity contribution in [3.8, 4) is 11.5 Å². The summed E-state index contributed by atoms with van der Waals surface area (Å²) in [4.78, 5) is 24.6. The Morgan fingerprint density at radius 1 is 0.731 bits per heavy atom. The summed E-state index contributed by atoms with van der Waals surface area (Å²) in [7, 11) is 0. The quantitative estimate of drug-likeness (QED) is 0.396. The van der Waals surface area contributed by atoms with Crippen LogP contribution in [0, 0.1) is 0 Å². The number of carbonyl (C=O) groups is 2. The summed E-state index contributed by atoms with van der Waals surface area (Å²) < 4.78 is 11.6. The number of para-hydroxylation sites is 2. The van der Waals surface area contributed by atoms with Crippen LogP contribution < -0.4 is 9.20 Å². The number of phenols is 1. The van der Waals surface area contributed by atoms with Gasteiger partial charge in [-0.2, -0.15) is 0 Å². The predicted octanol–water partition coefficient (Wildman–Crippen LogP) is 2.71. The van der Waals surface area contributed by atoms with Crippen molar-refractivity contribution in [1.29, 1.82) is 0 Å². The van der Waals surface area contributed by atoms with Crippen LogP contribution in [-0.2, 0) is 3.82 Å². The predicted molar refractivity (Wildman–Crippen MR) is 96.8 cm³/mol. The van der Waals surface area contributed by atoms with E-state index >= 15 is 0 Å². The second kappa shape index (κ2) is 8.34. The van der Waals surface area contributed by atoms with Gasteiger partial charge in [-0.15, -0.1) is 0 Å². The average molecular weight is 413 g/mol. The molecule has 3 rings (SSSR count). The van der Waals surface area contributed by atoms with Gasteiger partial charge in [-0.05, 0) is 0 Å². The van der Waals surface area contributed by atoms with E-state index in [4.69, 9.17) is 8.56 Å². The van der Waals surface area contributed by atoms with Gasteiger partial charge in [0.05, 0.1) is 0 Å². The van der Waals surface area contributed by atoms with Gasteiger partial charge < -0.3 is 0 Å². The Morgan fingerprint density at radius 3 is 2.08 bits per heavy atom. The molecule has 0 saturated carbocycles. The minimum absolute atomic E-state index is 0.0178. The first-order valence-electron chi connectivity index (χ1n) is 7.68. The van der Waals surface area contributed by atoms with Crippen LogP contribution in [0.5, 0.6) is 11.5 Å². The molecule has 0 aromatic heterocycles. The molecule has 0 spiro atoms. The molecule has 1 N–H and O–H groups in total. The van der Waals surface area contributed by atoms with Crippen LogP contribution in [0.1, 0.15) is 20.7 Å². The van der Waals surface area contributed by atoms with Crippen molar-refractivity contribution in [2.75, 3.05) is 0 Å². The van der Waals surface area contributed by atoms with E-state index in [9.17, 15) is 14.7 Å². The molecule has 3 aromatic carbocycles. The van der Waals surface area contributed by atoms with Crippen LogP contribution >= 0.6 is 0 Å². The van der Waals surface area contributed by atoms with Crippen LogP contribution in [0.3, 0.4) is 0 Å². The van der Waals surface area contributed by atoms with Gasteiger partial charge in [0.1, 0.15) is 0 Å². The van der Waals surface area contributed by atoms with Crippen LogP contribution in [0.15, 0.2) is 78.9 Å². The Morgan fingerprint density at radius 2 is 1.35 bits per heavy atom. The van der Waals surface area contributed by atoms with E-state index < -0.39 is 27.2 Å². The van der Waals surface area contributed by atoms with Crippen molar-refractivity contribution in [1.82, 2.24) is 0 Å². The summed E-state index contributed by atoms with van der Waals surface area (Å²) in [6, 6.07) is 21.7. The molecule has 0 aliphatic carbocycles. The van der Waals surface area contributed by atoms with Gasteiger partial charge >= 0.3 is 156 Å². The molecule has 26 heavy (non-hydrogen) atoms. The van der Waals surface area contributed by atoms with Crippen LogP contribution in [0.2, 0.25) is 0 Å². The molecule has 0 aliphatic heterocycles. The van der Waals surface area contributed by atoms with Crippen molar-refractivity contribution >= 4 is 31.7 Å². The fourth-order valence-corrected chi connectivity index (χ4v) is 3.24. The molecule has 0 saturated heterocycles. The fourth-order valence-electron chi connectivity index (χ4n) is 2.13. The summed E-state index contributed by atoms with van der Waals surface area (Å²) in [6.45, 7) is 0. The van der Waals surface area contributed by atoms with E-state index in [0.29, 0.717) is 0 Å². The third-order valence-corrected chi connectivity index (χ3v) is 4.86. The number of esters is 1. The molecule has 130 valence electrons. The van der Waals surface area contributed by atoms with Crippen LogP contribution in [0.25, 0.3) is 0 Å². The van der Waals surface area contributed by atoms with E-state index in [1.165, 1.54) is 24.3 Å². The van der Waals surface area contributed by atoms with Gasteiger partial charge in [0.2, 0.25) is 0 Å². The molecule has 0 amide bonds. The molecule has 0 radical (unpaired) electrons. The van der Waals surface area contributed by atoms with Gasteiger partial charge in [0.25, 0.3) is 0 Å². The first-order chi connectivity index (χ1) is 12.6. The number of aromatic hydroxyl groups is 1. The van der Waals surface area contributed by atoms with Gasteiger partial charge in [-0.1, -0.05) is 0 Å². The first-order valence-corrected chi connectivity index (χ1v) is 9.24. The monoisotopic (exact) mass is 414 g/mol. The van der Waals surface area contributed by atoms with Crippen molar-refractivity contribution in [2.24, 2.45) is 0 Å². The van der Waals surface area contributed by atoms with Crippen molar-refractivity contribution in [3.63, 3.8) is 0 Å². The Labute approximate surface area is 156 Å². The van der Waals surface area contributed by atoms with Gasteiger partial charge in [0, 0.05) is 0 Å². The molecule has 0 aliphatic rings. The van der Waals surface area contributed by atoms with Crippen molar-refractivity contribution < 1.29 is 23.3 Å². The standard InChI is InChI=1S/C20H14O5Se/c21-17-12-6-4-10-15(17)19(22)24-18-13-7-5-11-16(18)20(23)25-26-14-8-2-1-3-9-14/h1-13,21H. The number of benzene rings is 3. The number of carbonyl (C=O) groups excluding carboxylic acids is 2. The van der Waals surface area contributed by atoms with Gasteiger partial charge in [-0.25, -0.2) is 0 Å². The van der Waals surface area contributed by atoms with E-state index in [0.717, 1.165) is 4.46 Å². The Balaban J connectivity index is 1.74. The molecule has 0 atom stereocenters. The first kappa shape index (κ1) is 17.7. The maximum absolute atomic E-state index is 12.4. The molecular formula is C20H14O5Se. The molecule has 0 fully saturated rings. The van der Waals surface area contributed by atoms with Gasteiger partial charge in [-0.3, -0.25) is 0 Å². The second-order valence-corrected chi connectivity index (χ2v) is 6.86. The third kappa shape index (κ3) is 4.30. The zero-order valence-electron chi connectivity index (χ0n) is 13.5. The second-order valence-electron chi connectivity index (χ2n) is 5.17. The topological polar surface area (TPSA) is 72.8 Å². The number of rotatable bonds is 5. The molecule has 0 bridgehead atoms. The van der Waals surface area contributed by atoms with Crippen molar-refractivity contribution in [2.45, 2.75) is 0 Å². The van der Waals surface area contributed by atoms with Crippen molar-refractivity contribution in [3.05, 3.63) is 90.0 Å². The molecule has 5 nitrogen and oxygen atoms in total. The summed E-state index contributed by atoms with van der Waals surface area (Å²) in [6.07, 6.45) is 0. The van der Waals surface area contributed by atoms with Gasteiger partial charge in [0.15, 0.2) is 0 Å². The van der Waals surface area contributed by atoms with E-state index in [1.807, 2.05) is 30.3 Å². The molecule has 0 unspecified atom stereocenters. The molecular weight excluding hydrogens is 399 g/mol. The zero-order chi connectivity index (χ0) is 18.4. The number of ether oxygens (including phenoxy) is 1. The zero-order valence-corrected chi connectivity index (χ0v) is 15.2. The summed E-state index contributed by atoms with van der Waals surface area (Å²) in [5.41, 5.74) is 0.165. The van der Waals surface area contributed by atoms with E-state index in [2.05, 4.69) is 0 Å². The summed E-state index contributed by atoms with van der Waals surface area (Å²) >= 11 is -0.493. The number of hydrogen-bond acceptors (Lipinski definition) is 5. The Kier molecular flexibility index (Phi) is 5.69. The summed E-state index contributed by atoms with van der Waals surface area (Å²) in [5, 5.41) is 9.76. The minimum atomic E-state index is -0.753. The number of hydrogen-bond donors (Lipinski definition) is 1. The molecule has 6 heteroatoms. The summed E-state index contributed by atoms with van der Waals surface area (Å²) in [5.74, 6) is -1.44. The Hall–Kier alpha value is -3.08.